The van der Waals surface area contributed by atoms with Gasteiger partial charge in [0.05, 0.1) is 11.6 Å². The minimum absolute atomic E-state index is 0.0878. The van der Waals surface area contributed by atoms with E-state index in [1.165, 1.54) is 12.1 Å². The van der Waals surface area contributed by atoms with Crippen molar-refractivity contribution in [1.82, 2.24) is 25.9 Å². The Morgan fingerprint density at radius 2 is 2.15 bits per heavy atom. The summed E-state index contributed by atoms with van der Waals surface area (Å²) in [5.41, 5.74) is -0.965. The Hall–Kier alpha value is -2.45. The van der Waals surface area contributed by atoms with Gasteiger partial charge in [-0.2, -0.15) is 18.4 Å². The zero-order chi connectivity index (χ0) is 14.8. The van der Waals surface area contributed by atoms with Gasteiger partial charge in [-0.15, -0.1) is 10.2 Å². The van der Waals surface area contributed by atoms with Crippen molar-refractivity contribution in [2.75, 3.05) is 0 Å². The molecule has 20 heavy (non-hydrogen) atoms. The average molecular weight is 285 g/mol. The van der Waals surface area contributed by atoms with Crippen molar-refractivity contribution in [2.24, 2.45) is 0 Å². The number of aromatic nitrogens is 4. The predicted octanol–water partition coefficient (Wildman–Crippen LogP) is 1.71. The number of nitrogens with one attached hydrogen (secondary N) is 2. The minimum Gasteiger partial charge on any atom is -0.342 e. The summed E-state index contributed by atoms with van der Waals surface area (Å²) in [6, 6.07) is 3.60. The lowest BCUT2D eigenvalue weighted by molar-refractivity contribution is -0.137. The van der Waals surface area contributed by atoms with Gasteiger partial charge >= 0.3 is 6.18 Å². The Kier molecular flexibility index (Phi) is 3.68. The van der Waals surface area contributed by atoms with Gasteiger partial charge in [-0.3, -0.25) is 4.79 Å². The van der Waals surface area contributed by atoms with Crippen LogP contribution in [0.25, 0.3) is 0 Å². The quantitative estimate of drug-likeness (QED) is 0.899. The molecule has 2 N–H and O–H groups in total. The first-order valence-corrected chi connectivity index (χ1v) is 5.59. The number of tetrazole rings is 1. The van der Waals surface area contributed by atoms with Crippen LogP contribution in [-0.4, -0.2) is 26.5 Å². The molecule has 0 saturated heterocycles. The zero-order valence-corrected chi connectivity index (χ0v) is 10.3. The van der Waals surface area contributed by atoms with Gasteiger partial charge in [0, 0.05) is 5.56 Å². The van der Waals surface area contributed by atoms with Crippen LogP contribution in [0.2, 0.25) is 0 Å². The molecule has 2 rings (SSSR count). The van der Waals surface area contributed by atoms with Crippen molar-refractivity contribution in [3.8, 4) is 0 Å². The molecular weight excluding hydrogens is 275 g/mol. The maximum Gasteiger partial charge on any atom is 0.416 e. The SMILES string of the molecule is CC(NC(=O)c1cccc(C(F)(F)F)c1)c1nn[nH]n1. The lowest BCUT2D eigenvalue weighted by atomic mass is 10.1. The second-order valence-electron chi connectivity index (χ2n) is 4.04. The highest BCUT2D eigenvalue weighted by atomic mass is 19.4. The number of carbonyl (C=O) groups is 1. The number of benzene rings is 1. The van der Waals surface area contributed by atoms with Gasteiger partial charge in [0.25, 0.3) is 5.91 Å². The van der Waals surface area contributed by atoms with Crippen molar-refractivity contribution in [1.29, 1.82) is 0 Å². The average Bonchev–Trinajstić information content (AvgIpc) is 2.91. The number of rotatable bonds is 3. The van der Waals surface area contributed by atoms with E-state index in [9.17, 15) is 18.0 Å². The molecule has 9 heteroatoms. The number of alkyl halides is 3. The summed E-state index contributed by atoms with van der Waals surface area (Å²) in [4.78, 5) is 11.9. The van der Waals surface area contributed by atoms with Crippen molar-refractivity contribution in [2.45, 2.75) is 19.1 Å². The summed E-state index contributed by atoms with van der Waals surface area (Å²) in [7, 11) is 0. The van der Waals surface area contributed by atoms with Gasteiger partial charge < -0.3 is 5.32 Å². The number of nitrogens with zero attached hydrogens (tertiary/aromatic N) is 3. The topological polar surface area (TPSA) is 83.6 Å². The van der Waals surface area contributed by atoms with E-state index < -0.39 is 23.7 Å². The Morgan fingerprint density at radius 1 is 1.40 bits per heavy atom. The van der Waals surface area contributed by atoms with Gasteiger partial charge in [0.15, 0.2) is 5.82 Å². The van der Waals surface area contributed by atoms with E-state index in [1.807, 2.05) is 0 Å². The molecular formula is C11H10F3N5O. The van der Waals surface area contributed by atoms with E-state index >= 15 is 0 Å². The minimum atomic E-state index is -4.49. The summed E-state index contributed by atoms with van der Waals surface area (Å²) in [6.45, 7) is 1.59. The molecule has 0 bridgehead atoms. The van der Waals surface area contributed by atoms with Gasteiger partial charge in [-0.05, 0) is 25.1 Å². The van der Waals surface area contributed by atoms with Crippen LogP contribution in [-0.2, 0) is 6.18 Å². The third-order valence-corrected chi connectivity index (χ3v) is 2.55. The van der Waals surface area contributed by atoms with E-state index in [4.69, 9.17) is 0 Å². The number of carbonyl (C=O) groups excluding carboxylic acids is 1. The molecule has 1 aromatic carbocycles. The number of hydrogen-bond donors (Lipinski definition) is 2. The molecule has 0 saturated carbocycles. The number of H-pyrrole nitrogens is 1. The maximum atomic E-state index is 12.6. The summed E-state index contributed by atoms with van der Waals surface area (Å²) in [5, 5.41) is 15.4. The van der Waals surface area contributed by atoms with Crippen molar-refractivity contribution < 1.29 is 18.0 Å². The fourth-order valence-corrected chi connectivity index (χ4v) is 1.53. The Balaban J connectivity index is 2.14. The largest absolute Gasteiger partial charge is 0.416 e. The first-order chi connectivity index (χ1) is 9.38. The number of aromatic amines is 1. The molecule has 1 heterocycles. The van der Waals surface area contributed by atoms with Gasteiger partial charge in [0.2, 0.25) is 0 Å². The molecule has 0 aliphatic rings. The van der Waals surface area contributed by atoms with E-state index in [0.29, 0.717) is 0 Å². The normalized spacial score (nSPS) is 13.0. The molecule has 0 radical (unpaired) electrons. The summed E-state index contributed by atoms with van der Waals surface area (Å²) < 4.78 is 37.7. The lowest BCUT2D eigenvalue weighted by Gasteiger charge is -2.11. The van der Waals surface area contributed by atoms with Crippen LogP contribution in [0.15, 0.2) is 24.3 Å². The number of halogens is 3. The number of amides is 1. The fraction of sp³-hybridized carbons (Fsp3) is 0.273. The molecule has 0 spiro atoms. The van der Waals surface area contributed by atoms with Crippen LogP contribution in [0.3, 0.4) is 0 Å². The number of hydrogen-bond acceptors (Lipinski definition) is 4. The Labute approximate surface area is 111 Å². The molecule has 106 valence electrons. The molecule has 0 fully saturated rings. The highest BCUT2D eigenvalue weighted by molar-refractivity contribution is 5.94. The third kappa shape index (κ3) is 3.11. The highest BCUT2D eigenvalue weighted by Gasteiger charge is 2.31. The first kappa shape index (κ1) is 14.0. The molecule has 0 aliphatic carbocycles. The van der Waals surface area contributed by atoms with E-state index in [1.54, 1.807) is 6.92 Å². The van der Waals surface area contributed by atoms with Crippen molar-refractivity contribution in [3.05, 3.63) is 41.2 Å². The van der Waals surface area contributed by atoms with Crippen LogP contribution in [0.4, 0.5) is 13.2 Å². The fourth-order valence-electron chi connectivity index (χ4n) is 1.53. The van der Waals surface area contributed by atoms with Gasteiger partial charge in [-0.1, -0.05) is 11.3 Å². The highest BCUT2D eigenvalue weighted by Crippen LogP contribution is 2.29. The van der Waals surface area contributed by atoms with Gasteiger partial charge in [0.1, 0.15) is 0 Å². The summed E-state index contributed by atoms with van der Waals surface area (Å²) in [5.74, 6) is -0.404. The maximum absolute atomic E-state index is 12.6. The van der Waals surface area contributed by atoms with Crippen molar-refractivity contribution >= 4 is 5.91 Å². The monoisotopic (exact) mass is 285 g/mol. The van der Waals surface area contributed by atoms with E-state index in [2.05, 4.69) is 25.9 Å². The Bertz CT molecular complexity index is 596. The molecule has 1 amide bonds. The van der Waals surface area contributed by atoms with Crippen molar-refractivity contribution in [3.63, 3.8) is 0 Å². The molecule has 6 nitrogen and oxygen atoms in total. The van der Waals surface area contributed by atoms with Crippen LogP contribution in [0.5, 0.6) is 0 Å². The first-order valence-electron chi connectivity index (χ1n) is 5.59. The van der Waals surface area contributed by atoms with E-state index in [-0.39, 0.29) is 11.4 Å². The van der Waals surface area contributed by atoms with E-state index in [0.717, 1.165) is 12.1 Å². The second-order valence-corrected chi connectivity index (χ2v) is 4.04. The zero-order valence-electron chi connectivity index (χ0n) is 10.3. The molecule has 2 aromatic rings. The van der Waals surface area contributed by atoms with Crippen LogP contribution in [0.1, 0.15) is 34.7 Å². The smallest absolute Gasteiger partial charge is 0.342 e. The summed E-state index contributed by atoms with van der Waals surface area (Å²) >= 11 is 0. The van der Waals surface area contributed by atoms with Crippen LogP contribution in [0, 0.1) is 0 Å². The molecule has 0 aliphatic heterocycles. The molecule has 1 unspecified atom stereocenters. The van der Waals surface area contributed by atoms with Crippen LogP contribution < -0.4 is 5.32 Å². The van der Waals surface area contributed by atoms with Gasteiger partial charge in [-0.25, -0.2) is 0 Å². The van der Waals surface area contributed by atoms with Crippen LogP contribution >= 0.6 is 0 Å². The third-order valence-electron chi connectivity index (χ3n) is 2.55. The second kappa shape index (κ2) is 5.27. The summed E-state index contributed by atoms with van der Waals surface area (Å²) in [6.07, 6.45) is -4.49. The predicted molar refractivity (Wildman–Crippen MR) is 61.5 cm³/mol. The molecule has 1 atom stereocenters. The molecule has 1 aromatic heterocycles. The lowest BCUT2D eigenvalue weighted by Crippen LogP contribution is -2.27. The Morgan fingerprint density at radius 3 is 2.75 bits per heavy atom. The standard InChI is InChI=1S/C11H10F3N5O/c1-6(9-16-18-19-17-9)15-10(20)7-3-2-4-8(5-7)11(12,13)14/h2-6H,1H3,(H,15,20)(H,16,17,18,19).